The van der Waals surface area contributed by atoms with E-state index in [1.165, 1.54) is 0 Å². The monoisotopic (exact) mass is 328 g/mol. The molecule has 2 aromatic rings. The van der Waals surface area contributed by atoms with Gasteiger partial charge in [0.1, 0.15) is 5.76 Å². The summed E-state index contributed by atoms with van der Waals surface area (Å²) in [5, 5.41) is 3.94. The van der Waals surface area contributed by atoms with Gasteiger partial charge in [0.25, 0.3) is 5.91 Å². The molecule has 0 saturated carbocycles. The van der Waals surface area contributed by atoms with Crippen molar-refractivity contribution in [3.05, 3.63) is 47.6 Å². The van der Waals surface area contributed by atoms with Gasteiger partial charge >= 0.3 is 0 Å². The maximum absolute atomic E-state index is 12.6. The summed E-state index contributed by atoms with van der Waals surface area (Å²) in [6.07, 6.45) is 2.77. The normalized spacial score (nSPS) is 16.4. The van der Waals surface area contributed by atoms with Gasteiger partial charge < -0.3 is 9.42 Å². The topological polar surface area (TPSA) is 62.5 Å². The van der Waals surface area contributed by atoms with Crippen molar-refractivity contribution in [3.63, 3.8) is 0 Å². The highest BCUT2D eigenvalue weighted by Crippen LogP contribution is 2.17. The Balaban J connectivity index is 1.59. The highest BCUT2D eigenvalue weighted by Gasteiger charge is 2.23. The van der Waals surface area contributed by atoms with Crippen molar-refractivity contribution >= 4 is 5.91 Å². The molecule has 1 fully saturated rings. The molecule has 0 N–H and O–H groups in total. The van der Waals surface area contributed by atoms with Crippen LogP contribution in [0.4, 0.5) is 0 Å². The summed E-state index contributed by atoms with van der Waals surface area (Å²) < 4.78 is 5.25. The molecular weight excluding hydrogens is 304 g/mol. The largest absolute Gasteiger partial charge is 0.360 e. The summed E-state index contributed by atoms with van der Waals surface area (Å²) in [6.45, 7) is 8.14. The fourth-order valence-corrected chi connectivity index (χ4v) is 2.88. The van der Waals surface area contributed by atoms with Gasteiger partial charge in [-0.3, -0.25) is 14.7 Å². The molecular formula is C18H24N4O2. The van der Waals surface area contributed by atoms with E-state index in [0.717, 1.165) is 44.1 Å². The molecule has 128 valence electrons. The average molecular weight is 328 g/mol. The smallest absolute Gasteiger partial charge is 0.276 e. The van der Waals surface area contributed by atoms with Crippen molar-refractivity contribution in [2.45, 2.75) is 32.7 Å². The third-order valence-electron chi connectivity index (χ3n) is 4.30. The van der Waals surface area contributed by atoms with Crippen LogP contribution in [-0.4, -0.2) is 52.0 Å². The number of nitrogens with zero attached hydrogens (tertiary/aromatic N) is 4. The van der Waals surface area contributed by atoms with E-state index in [0.29, 0.717) is 12.2 Å². The Bertz CT molecular complexity index is 669. The van der Waals surface area contributed by atoms with Crippen molar-refractivity contribution in [2.75, 3.05) is 26.2 Å². The Morgan fingerprint density at radius 3 is 2.83 bits per heavy atom. The third kappa shape index (κ3) is 4.00. The van der Waals surface area contributed by atoms with Crippen molar-refractivity contribution in [3.8, 4) is 0 Å². The first-order chi connectivity index (χ1) is 11.6. The van der Waals surface area contributed by atoms with E-state index in [-0.39, 0.29) is 11.8 Å². The number of aromatic nitrogens is 2. The molecule has 2 aromatic heterocycles. The lowest BCUT2D eigenvalue weighted by Gasteiger charge is -2.21. The minimum Gasteiger partial charge on any atom is -0.360 e. The minimum atomic E-state index is -0.0367. The quantitative estimate of drug-likeness (QED) is 0.863. The standard InChI is InChI=1S/C18H24N4O2/c1-14(2)17-12-16(20-24-17)18(23)22-9-5-8-21(10-11-22)13-15-6-3-4-7-19-15/h3-4,6-7,12,14H,5,8-11,13H2,1-2H3. The van der Waals surface area contributed by atoms with Crippen LogP contribution in [0.25, 0.3) is 0 Å². The van der Waals surface area contributed by atoms with Crippen LogP contribution in [0.1, 0.15) is 48.1 Å². The lowest BCUT2D eigenvalue weighted by Crippen LogP contribution is -2.35. The zero-order valence-corrected chi connectivity index (χ0v) is 14.3. The van der Waals surface area contributed by atoms with Gasteiger partial charge in [-0.1, -0.05) is 25.1 Å². The summed E-state index contributed by atoms with van der Waals surface area (Å²) in [4.78, 5) is 21.2. The Morgan fingerprint density at radius 2 is 2.12 bits per heavy atom. The molecule has 6 nitrogen and oxygen atoms in total. The zero-order chi connectivity index (χ0) is 16.9. The molecule has 24 heavy (non-hydrogen) atoms. The molecule has 0 spiro atoms. The van der Waals surface area contributed by atoms with Crippen LogP contribution in [0.15, 0.2) is 35.0 Å². The second-order valence-electron chi connectivity index (χ2n) is 6.51. The van der Waals surface area contributed by atoms with Crippen LogP contribution in [0.2, 0.25) is 0 Å². The van der Waals surface area contributed by atoms with Gasteiger partial charge in [0, 0.05) is 50.9 Å². The van der Waals surface area contributed by atoms with E-state index < -0.39 is 0 Å². The summed E-state index contributed by atoms with van der Waals surface area (Å²) >= 11 is 0. The molecule has 3 heterocycles. The highest BCUT2D eigenvalue weighted by atomic mass is 16.5. The zero-order valence-electron chi connectivity index (χ0n) is 14.3. The van der Waals surface area contributed by atoms with E-state index in [1.54, 1.807) is 6.07 Å². The molecule has 0 unspecified atom stereocenters. The van der Waals surface area contributed by atoms with Crippen LogP contribution in [0.5, 0.6) is 0 Å². The maximum Gasteiger partial charge on any atom is 0.276 e. The Labute approximate surface area is 142 Å². The molecule has 1 aliphatic rings. The lowest BCUT2D eigenvalue weighted by molar-refractivity contribution is 0.0750. The number of rotatable bonds is 4. The first kappa shape index (κ1) is 16.6. The van der Waals surface area contributed by atoms with Crippen molar-refractivity contribution in [1.82, 2.24) is 19.9 Å². The minimum absolute atomic E-state index is 0.0367. The maximum atomic E-state index is 12.6. The predicted octanol–water partition coefficient (Wildman–Crippen LogP) is 2.54. The molecule has 0 aromatic carbocycles. The van der Waals surface area contributed by atoms with Gasteiger partial charge in [0.2, 0.25) is 0 Å². The number of carbonyl (C=O) groups is 1. The number of hydrogen-bond donors (Lipinski definition) is 0. The van der Waals surface area contributed by atoms with Gasteiger partial charge in [-0.25, -0.2) is 0 Å². The summed E-state index contributed by atoms with van der Waals surface area (Å²) in [5.74, 6) is 0.951. The van der Waals surface area contributed by atoms with Gasteiger partial charge in [-0.05, 0) is 18.6 Å². The van der Waals surface area contributed by atoms with Crippen LogP contribution in [0, 0.1) is 0 Å². The summed E-state index contributed by atoms with van der Waals surface area (Å²) in [7, 11) is 0. The summed E-state index contributed by atoms with van der Waals surface area (Å²) in [5.41, 5.74) is 1.48. The second-order valence-corrected chi connectivity index (χ2v) is 6.51. The van der Waals surface area contributed by atoms with Crippen LogP contribution >= 0.6 is 0 Å². The average Bonchev–Trinajstić information content (AvgIpc) is 2.97. The Hall–Kier alpha value is -2.21. The number of carbonyl (C=O) groups excluding carboxylic acids is 1. The lowest BCUT2D eigenvalue weighted by atomic mass is 10.1. The Morgan fingerprint density at radius 1 is 1.25 bits per heavy atom. The van der Waals surface area contributed by atoms with E-state index in [2.05, 4.69) is 15.0 Å². The molecule has 0 radical (unpaired) electrons. The van der Waals surface area contributed by atoms with Crippen LogP contribution < -0.4 is 0 Å². The van der Waals surface area contributed by atoms with E-state index >= 15 is 0 Å². The van der Waals surface area contributed by atoms with Gasteiger partial charge in [-0.2, -0.15) is 0 Å². The number of amides is 1. The van der Waals surface area contributed by atoms with Crippen LogP contribution in [-0.2, 0) is 6.54 Å². The molecule has 0 bridgehead atoms. The third-order valence-corrected chi connectivity index (χ3v) is 4.30. The molecule has 3 rings (SSSR count). The first-order valence-corrected chi connectivity index (χ1v) is 8.51. The highest BCUT2D eigenvalue weighted by molar-refractivity contribution is 5.92. The fraction of sp³-hybridized carbons (Fsp3) is 0.500. The van der Waals surface area contributed by atoms with Crippen LogP contribution in [0.3, 0.4) is 0 Å². The van der Waals surface area contributed by atoms with E-state index in [1.807, 2.05) is 43.1 Å². The molecule has 1 amide bonds. The van der Waals surface area contributed by atoms with E-state index in [9.17, 15) is 4.79 Å². The van der Waals surface area contributed by atoms with E-state index in [4.69, 9.17) is 4.52 Å². The van der Waals surface area contributed by atoms with Crippen molar-refractivity contribution in [2.24, 2.45) is 0 Å². The summed E-state index contributed by atoms with van der Waals surface area (Å²) in [6, 6.07) is 7.74. The van der Waals surface area contributed by atoms with Gasteiger partial charge in [-0.15, -0.1) is 0 Å². The predicted molar refractivity (Wildman–Crippen MR) is 90.6 cm³/mol. The number of pyridine rings is 1. The molecule has 0 aliphatic carbocycles. The first-order valence-electron chi connectivity index (χ1n) is 8.51. The fourth-order valence-electron chi connectivity index (χ4n) is 2.88. The molecule has 6 heteroatoms. The Kier molecular flexibility index (Phi) is 5.25. The SMILES string of the molecule is CC(C)c1cc(C(=O)N2CCCN(Cc3ccccn3)CC2)no1. The number of hydrogen-bond acceptors (Lipinski definition) is 5. The molecule has 0 atom stereocenters. The van der Waals surface area contributed by atoms with Gasteiger partial charge in [0.15, 0.2) is 5.69 Å². The van der Waals surface area contributed by atoms with Gasteiger partial charge in [0.05, 0.1) is 5.69 Å². The second kappa shape index (κ2) is 7.57. The molecule has 1 aliphatic heterocycles. The molecule has 1 saturated heterocycles. The van der Waals surface area contributed by atoms with Crippen molar-refractivity contribution in [1.29, 1.82) is 0 Å². The van der Waals surface area contributed by atoms with Crippen molar-refractivity contribution < 1.29 is 9.32 Å².